The van der Waals surface area contributed by atoms with Gasteiger partial charge in [-0.1, -0.05) is 62.4 Å². The van der Waals surface area contributed by atoms with Crippen LogP contribution in [0.3, 0.4) is 0 Å². The van der Waals surface area contributed by atoms with Gasteiger partial charge in [0.1, 0.15) is 5.69 Å². The zero-order chi connectivity index (χ0) is 19.1. The van der Waals surface area contributed by atoms with Crippen molar-refractivity contribution in [1.29, 1.82) is 0 Å². The lowest BCUT2D eigenvalue weighted by atomic mass is 10.0. The predicted octanol–water partition coefficient (Wildman–Crippen LogP) is 4.32. The van der Waals surface area contributed by atoms with E-state index in [-0.39, 0.29) is 5.91 Å². The molecule has 0 atom stereocenters. The van der Waals surface area contributed by atoms with Gasteiger partial charge in [-0.2, -0.15) is 0 Å². The summed E-state index contributed by atoms with van der Waals surface area (Å²) in [5.74, 6) is 0.588. The van der Waals surface area contributed by atoms with Crippen LogP contribution >= 0.6 is 0 Å². The summed E-state index contributed by atoms with van der Waals surface area (Å²) in [6, 6.07) is 19.7. The molecule has 0 saturated heterocycles. The molecule has 3 rings (SSSR count). The number of carbonyl (C=O) groups excluding carboxylic acids is 1. The average Bonchev–Trinajstić information content (AvgIpc) is 2.69. The summed E-state index contributed by atoms with van der Waals surface area (Å²) in [6.45, 7) is 4.84. The van der Waals surface area contributed by atoms with Crippen molar-refractivity contribution >= 4 is 17.5 Å². The molecule has 0 bridgehead atoms. The second-order valence-corrected chi connectivity index (χ2v) is 6.62. The van der Waals surface area contributed by atoms with E-state index in [0.717, 1.165) is 12.1 Å². The molecule has 27 heavy (non-hydrogen) atoms. The molecule has 2 N–H and O–H groups in total. The van der Waals surface area contributed by atoms with Crippen LogP contribution in [0, 0.1) is 0 Å². The van der Waals surface area contributed by atoms with E-state index >= 15 is 0 Å². The highest BCUT2D eigenvalue weighted by Gasteiger charge is 2.11. The van der Waals surface area contributed by atoms with Crippen molar-refractivity contribution < 1.29 is 4.79 Å². The lowest BCUT2D eigenvalue weighted by Crippen LogP contribution is -2.26. The molecule has 2 aromatic carbocycles. The molecule has 0 aliphatic rings. The Morgan fingerprint density at radius 3 is 2.52 bits per heavy atom. The van der Waals surface area contributed by atoms with Crippen LogP contribution < -0.4 is 10.6 Å². The Morgan fingerprint density at radius 2 is 1.74 bits per heavy atom. The minimum atomic E-state index is -0.200. The third-order valence-electron chi connectivity index (χ3n) is 4.26. The van der Waals surface area contributed by atoms with Crippen LogP contribution in [-0.4, -0.2) is 22.4 Å². The summed E-state index contributed by atoms with van der Waals surface area (Å²) >= 11 is 0. The summed E-state index contributed by atoms with van der Waals surface area (Å²) in [7, 11) is 0. The maximum Gasteiger partial charge on any atom is 0.270 e. The minimum absolute atomic E-state index is 0.200. The highest BCUT2D eigenvalue weighted by Crippen LogP contribution is 2.25. The maximum absolute atomic E-state index is 12.4. The molecule has 5 nitrogen and oxygen atoms in total. The van der Waals surface area contributed by atoms with Crippen molar-refractivity contribution in [2.75, 3.05) is 11.9 Å². The molecule has 0 fully saturated rings. The van der Waals surface area contributed by atoms with Crippen molar-refractivity contribution in [3.8, 4) is 0 Å². The van der Waals surface area contributed by atoms with Gasteiger partial charge >= 0.3 is 0 Å². The molecular formula is C22H24N4O. The Kier molecular flexibility index (Phi) is 6.15. The van der Waals surface area contributed by atoms with E-state index < -0.39 is 0 Å². The summed E-state index contributed by atoms with van der Waals surface area (Å²) < 4.78 is 0. The molecule has 0 aliphatic carbocycles. The molecule has 1 amide bonds. The molecule has 0 unspecified atom stereocenters. The lowest BCUT2D eigenvalue weighted by molar-refractivity contribution is 0.0949. The average molecular weight is 360 g/mol. The van der Waals surface area contributed by atoms with Crippen LogP contribution in [0.15, 0.2) is 66.9 Å². The molecule has 5 heteroatoms. The van der Waals surface area contributed by atoms with E-state index in [2.05, 4.69) is 40.5 Å². The van der Waals surface area contributed by atoms with Crippen LogP contribution in [0.25, 0.3) is 0 Å². The summed E-state index contributed by atoms with van der Waals surface area (Å²) in [5, 5.41) is 6.14. The van der Waals surface area contributed by atoms with E-state index in [1.54, 1.807) is 12.3 Å². The summed E-state index contributed by atoms with van der Waals surface area (Å²) in [6.07, 6.45) is 2.38. The minimum Gasteiger partial charge on any atom is -0.350 e. The molecule has 3 aromatic rings. The summed E-state index contributed by atoms with van der Waals surface area (Å²) in [4.78, 5) is 21.0. The fraction of sp³-hybridized carbons (Fsp3) is 0.227. The van der Waals surface area contributed by atoms with Gasteiger partial charge in [0.05, 0.1) is 0 Å². The third kappa shape index (κ3) is 5.14. The highest BCUT2D eigenvalue weighted by molar-refractivity contribution is 5.92. The van der Waals surface area contributed by atoms with Crippen molar-refractivity contribution in [2.24, 2.45) is 0 Å². The van der Waals surface area contributed by atoms with E-state index in [4.69, 9.17) is 0 Å². The van der Waals surface area contributed by atoms with Gasteiger partial charge in [-0.05, 0) is 35.6 Å². The standard InChI is InChI=1S/C22H24N4O/c1-16(2)18-10-6-7-11-19(18)25-22-24-15-13-20(26-22)21(27)23-14-12-17-8-4-3-5-9-17/h3-11,13,15-16H,12,14H2,1-2H3,(H,23,27)(H,24,25,26). The number of para-hydroxylation sites is 1. The number of nitrogens with one attached hydrogen (secondary N) is 2. The van der Waals surface area contributed by atoms with Crippen molar-refractivity contribution in [2.45, 2.75) is 26.2 Å². The highest BCUT2D eigenvalue weighted by atomic mass is 16.1. The quantitative estimate of drug-likeness (QED) is 0.659. The van der Waals surface area contributed by atoms with E-state index in [9.17, 15) is 4.79 Å². The van der Waals surface area contributed by atoms with Gasteiger partial charge in [0.25, 0.3) is 5.91 Å². The number of nitrogens with zero attached hydrogens (tertiary/aromatic N) is 2. The van der Waals surface area contributed by atoms with Crippen molar-refractivity contribution in [3.63, 3.8) is 0 Å². The molecule has 0 saturated carbocycles. The first-order valence-electron chi connectivity index (χ1n) is 9.14. The number of carbonyl (C=O) groups is 1. The Labute approximate surface area is 159 Å². The van der Waals surface area contributed by atoms with E-state index in [1.807, 2.05) is 48.5 Å². The number of rotatable bonds is 7. The number of anilines is 2. The number of hydrogen-bond acceptors (Lipinski definition) is 4. The Morgan fingerprint density at radius 1 is 1.00 bits per heavy atom. The van der Waals surface area contributed by atoms with Crippen LogP contribution in [0.5, 0.6) is 0 Å². The fourth-order valence-corrected chi connectivity index (χ4v) is 2.84. The first kappa shape index (κ1) is 18.6. The van der Waals surface area contributed by atoms with Gasteiger partial charge in [-0.15, -0.1) is 0 Å². The molecule has 138 valence electrons. The van der Waals surface area contributed by atoms with E-state index in [0.29, 0.717) is 24.1 Å². The molecule has 0 radical (unpaired) electrons. The maximum atomic E-state index is 12.4. The third-order valence-corrected chi connectivity index (χ3v) is 4.26. The van der Waals surface area contributed by atoms with Gasteiger partial charge in [-0.3, -0.25) is 4.79 Å². The molecule has 0 spiro atoms. The first-order valence-corrected chi connectivity index (χ1v) is 9.14. The number of benzene rings is 2. The second kappa shape index (κ2) is 8.94. The van der Waals surface area contributed by atoms with Crippen molar-refractivity contribution in [1.82, 2.24) is 15.3 Å². The Hall–Kier alpha value is -3.21. The first-order chi connectivity index (χ1) is 13.1. The second-order valence-electron chi connectivity index (χ2n) is 6.62. The smallest absolute Gasteiger partial charge is 0.270 e. The molecule has 0 aliphatic heterocycles. The Bertz CT molecular complexity index is 894. The number of amides is 1. The largest absolute Gasteiger partial charge is 0.350 e. The van der Waals surface area contributed by atoms with Crippen LogP contribution in [-0.2, 0) is 6.42 Å². The van der Waals surface area contributed by atoms with Gasteiger partial charge in [0.2, 0.25) is 5.95 Å². The van der Waals surface area contributed by atoms with Gasteiger partial charge in [-0.25, -0.2) is 9.97 Å². The SMILES string of the molecule is CC(C)c1ccccc1Nc1nccc(C(=O)NCCc2ccccc2)n1. The number of aromatic nitrogens is 2. The molecular weight excluding hydrogens is 336 g/mol. The fourth-order valence-electron chi connectivity index (χ4n) is 2.84. The zero-order valence-corrected chi connectivity index (χ0v) is 15.6. The van der Waals surface area contributed by atoms with Crippen LogP contribution in [0.4, 0.5) is 11.6 Å². The topological polar surface area (TPSA) is 66.9 Å². The monoisotopic (exact) mass is 360 g/mol. The lowest BCUT2D eigenvalue weighted by Gasteiger charge is -2.13. The van der Waals surface area contributed by atoms with Gasteiger partial charge in [0.15, 0.2) is 0 Å². The zero-order valence-electron chi connectivity index (χ0n) is 15.6. The van der Waals surface area contributed by atoms with E-state index in [1.165, 1.54) is 11.1 Å². The molecule has 1 heterocycles. The number of hydrogen-bond donors (Lipinski definition) is 2. The normalized spacial score (nSPS) is 10.6. The predicted molar refractivity (Wildman–Crippen MR) is 108 cm³/mol. The summed E-state index contributed by atoms with van der Waals surface area (Å²) in [5.41, 5.74) is 3.67. The van der Waals surface area contributed by atoms with Gasteiger partial charge in [0, 0.05) is 18.4 Å². The van der Waals surface area contributed by atoms with Crippen molar-refractivity contribution in [3.05, 3.63) is 83.7 Å². The Balaban J connectivity index is 1.64. The van der Waals surface area contributed by atoms with Gasteiger partial charge < -0.3 is 10.6 Å². The van der Waals surface area contributed by atoms with Crippen LogP contribution in [0.1, 0.15) is 41.4 Å². The van der Waals surface area contributed by atoms with Crippen LogP contribution in [0.2, 0.25) is 0 Å². The molecule has 1 aromatic heterocycles.